The Morgan fingerprint density at radius 1 is 0.762 bits per heavy atom. The molecule has 4 rings (SSSR count). The zero-order valence-corrected chi connectivity index (χ0v) is 12.2. The Labute approximate surface area is 127 Å². The van der Waals surface area contributed by atoms with Gasteiger partial charge in [0.05, 0.1) is 10.2 Å². The third-order valence-corrected chi connectivity index (χ3v) is 4.54. The SMILES string of the molecule is C(=Cc1cccc2ccccc12)c1nc2ccccc2s1. The molecule has 0 unspecified atom stereocenters. The molecule has 0 aliphatic carbocycles. The second-order valence-electron chi connectivity index (χ2n) is 4.92. The summed E-state index contributed by atoms with van der Waals surface area (Å²) in [6, 6.07) is 23.1. The standard InChI is InChI=1S/C19H13NS/c1-2-9-16-14(6-1)7-5-8-15(16)12-13-19-20-17-10-3-4-11-18(17)21-19/h1-13H. The Hall–Kier alpha value is -2.45. The summed E-state index contributed by atoms with van der Waals surface area (Å²) in [5.41, 5.74) is 2.30. The maximum absolute atomic E-state index is 4.64. The molecular formula is C19H13NS. The molecule has 0 saturated carbocycles. The van der Waals surface area contributed by atoms with Gasteiger partial charge in [-0.05, 0) is 34.5 Å². The fourth-order valence-electron chi connectivity index (χ4n) is 2.52. The van der Waals surface area contributed by atoms with Crippen LogP contribution in [-0.4, -0.2) is 4.98 Å². The largest absolute Gasteiger partial charge is 0.237 e. The summed E-state index contributed by atoms with van der Waals surface area (Å²) in [6.07, 6.45) is 4.26. The van der Waals surface area contributed by atoms with Crippen molar-refractivity contribution in [3.05, 3.63) is 77.3 Å². The summed E-state index contributed by atoms with van der Waals surface area (Å²) in [5, 5.41) is 3.59. The van der Waals surface area contributed by atoms with Gasteiger partial charge < -0.3 is 0 Å². The minimum Gasteiger partial charge on any atom is -0.237 e. The Morgan fingerprint density at radius 3 is 2.52 bits per heavy atom. The van der Waals surface area contributed by atoms with Crippen molar-refractivity contribution in [2.45, 2.75) is 0 Å². The van der Waals surface area contributed by atoms with Crippen molar-refractivity contribution in [1.29, 1.82) is 0 Å². The van der Waals surface area contributed by atoms with E-state index in [0.29, 0.717) is 0 Å². The zero-order chi connectivity index (χ0) is 14.1. The number of hydrogen-bond donors (Lipinski definition) is 0. The van der Waals surface area contributed by atoms with Crippen molar-refractivity contribution in [1.82, 2.24) is 4.98 Å². The van der Waals surface area contributed by atoms with E-state index in [9.17, 15) is 0 Å². The number of rotatable bonds is 2. The minimum atomic E-state index is 1.05. The number of fused-ring (bicyclic) bond motifs is 2. The molecule has 0 radical (unpaired) electrons. The molecule has 3 aromatic carbocycles. The van der Waals surface area contributed by atoms with E-state index >= 15 is 0 Å². The second kappa shape index (κ2) is 5.15. The first-order valence-electron chi connectivity index (χ1n) is 6.91. The van der Waals surface area contributed by atoms with Crippen LogP contribution in [0.2, 0.25) is 0 Å². The van der Waals surface area contributed by atoms with Crippen LogP contribution in [0.1, 0.15) is 10.6 Å². The molecule has 0 bridgehead atoms. The third-order valence-electron chi connectivity index (χ3n) is 3.54. The summed E-state index contributed by atoms with van der Waals surface area (Å²) in [5.74, 6) is 0. The smallest absolute Gasteiger partial charge is 0.117 e. The van der Waals surface area contributed by atoms with Crippen LogP contribution < -0.4 is 0 Å². The molecule has 1 heterocycles. The highest BCUT2D eigenvalue weighted by Gasteiger charge is 2.00. The molecular weight excluding hydrogens is 274 g/mol. The minimum absolute atomic E-state index is 1.05. The molecule has 0 amide bonds. The van der Waals surface area contributed by atoms with Gasteiger partial charge in [-0.2, -0.15) is 0 Å². The summed E-state index contributed by atoms with van der Waals surface area (Å²) in [4.78, 5) is 4.64. The highest BCUT2D eigenvalue weighted by Crippen LogP contribution is 2.25. The Bertz CT molecular complexity index is 912. The molecule has 21 heavy (non-hydrogen) atoms. The average Bonchev–Trinajstić information content (AvgIpc) is 2.96. The van der Waals surface area contributed by atoms with E-state index in [-0.39, 0.29) is 0 Å². The van der Waals surface area contributed by atoms with E-state index in [1.54, 1.807) is 11.3 Å². The molecule has 1 nitrogen and oxygen atoms in total. The fourth-order valence-corrected chi connectivity index (χ4v) is 3.39. The zero-order valence-electron chi connectivity index (χ0n) is 11.4. The molecule has 1 aromatic heterocycles. The molecule has 0 spiro atoms. The monoisotopic (exact) mass is 287 g/mol. The van der Waals surface area contributed by atoms with Crippen LogP contribution in [0.15, 0.2) is 66.7 Å². The van der Waals surface area contributed by atoms with Gasteiger partial charge in [-0.3, -0.25) is 0 Å². The number of aromatic nitrogens is 1. The van der Waals surface area contributed by atoms with Gasteiger partial charge in [0.25, 0.3) is 0 Å². The lowest BCUT2D eigenvalue weighted by Gasteiger charge is -2.00. The molecule has 0 aliphatic rings. The number of nitrogens with zero attached hydrogens (tertiary/aromatic N) is 1. The normalized spacial score (nSPS) is 11.6. The Balaban J connectivity index is 1.76. The summed E-state index contributed by atoms with van der Waals surface area (Å²) >= 11 is 1.72. The van der Waals surface area contributed by atoms with Crippen molar-refractivity contribution in [3.63, 3.8) is 0 Å². The molecule has 0 saturated heterocycles. The van der Waals surface area contributed by atoms with Crippen LogP contribution in [-0.2, 0) is 0 Å². The molecule has 0 atom stereocenters. The molecule has 2 heteroatoms. The van der Waals surface area contributed by atoms with E-state index < -0.39 is 0 Å². The lowest BCUT2D eigenvalue weighted by Crippen LogP contribution is -1.77. The van der Waals surface area contributed by atoms with Crippen molar-refractivity contribution in [3.8, 4) is 0 Å². The summed E-state index contributed by atoms with van der Waals surface area (Å²) in [6.45, 7) is 0. The van der Waals surface area contributed by atoms with E-state index in [1.807, 2.05) is 6.07 Å². The fraction of sp³-hybridized carbons (Fsp3) is 0. The van der Waals surface area contributed by atoms with Crippen molar-refractivity contribution in [2.75, 3.05) is 0 Å². The summed E-state index contributed by atoms with van der Waals surface area (Å²) in [7, 11) is 0. The maximum Gasteiger partial charge on any atom is 0.117 e. The first kappa shape index (κ1) is 12.3. The van der Waals surface area contributed by atoms with Gasteiger partial charge >= 0.3 is 0 Å². The Morgan fingerprint density at radius 2 is 1.57 bits per heavy atom. The maximum atomic E-state index is 4.64. The van der Waals surface area contributed by atoms with Crippen molar-refractivity contribution >= 4 is 44.5 Å². The van der Waals surface area contributed by atoms with Crippen LogP contribution in [0, 0.1) is 0 Å². The van der Waals surface area contributed by atoms with Gasteiger partial charge in [-0.25, -0.2) is 4.98 Å². The van der Waals surface area contributed by atoms with E-state index in [4.69, 9.17) is 0 Å². The van der Waals surface area contributed by atoms with Crippen molar-refractivity contribution in [2.24, 2.45) is 0 Å². The van der Waals surface area contributed by atoms with E-state index in [0.717, 1.165) is 10.5 Å². The average molecular weight is 287 g/mol. The lowest BCUT2D eigenvalue weighted by atomic mass is 10.0. The van der Waals surface area contributed by atoms with Crippen LogP contribution in [0.4, 0.5) is 0 Å². The predicted molar refractivity (Wildman–Crippen MR) is 92.5 cm³/mol. The van der Waals surface area contributed by atoms with Crippen LogP contribution in [0.5, 0.6) is 0 Å². The molecule has 4 aromatic rings. The molecule has 0 fully saturated rings. The van der Waals surface area contributed by atoms with Gasteiger partial charge in [0.2, 0.25) is 0 Å². The number of hydrogen-bond acceptors (Lipinski definition) is 2. The van der Waals surface area contributed by atoms with Gasteiger partial charge in [-0.1, -0.05) is 60.7 Å². The molecule has 0 N–H and O–H groups in total. The first-order valence-corrected chi connectivity index (χ1v) is 7.73. The van der Waals surface area contributed by atoms with E-state index in [1.165, 1.54) is 21.0 Å². The number of para-hydroxylation sites is 1. The van der Waals surface area contributed by atoms with Crippen LogP contribution >= 0.6 is 11.3 Å². The van der Waals surface area contributed by atoms with E-state index in [2.05, 4.69) is 77.8 Å². The lowest BCUT2D eigenvalue weighted by molar-refractivity contribution is 1.46. The van der Waals surface area contributed by atoms with Crippen LogP contribution in [0.25, 0.3) is 33.1 Å². The highest BCUT2D eigenvalue weighted by molar-refractivity contribution is 7.19. The predicted octanol–water partition coefficient (Wildman–Crippen LogP) is 5.62. The van der Waals surface area contributed by atoms with Crippen LogP contribution in [0.3, 0.4) is 0 Å². The quantitative estimate of drug-likeness (QED) is 0.466. The number of benzene rings is 3. The third kappa shape index (κ3) is 2.34. The van der Waals surface area contributed by atoms with Gasteiger partial charge in [0.15, 0.2) is 0 Å². The van der Waals surface area contributed by atoms with Gasteiger partial charge in [0, 0.05) is 0 Å². The second-order valence-corrected chi connectivity index (χ2v) is 5.98. The Kier molecular flexibility index (Phi) is 3.02. The van der Waals surface area contributed by atoms with Gasteiger partial charge in [0.1, 0.15) is 5.01 Å². The highest BCUT2D eigenvalue weighted by atomic mass is 32.1. The molecule has 100 valence electrons. The number of thiazole rings is 1. The topological polar surface area (TPSA) is 12.9 Å². The van der Waals surface area contributed by atoms with Gasteiger partial charge in [-0.15, -0.1) is 11.3 Å². The first-order chi connectivity index (χ1) is 10.4. The molecule has 0 aliphatic heterocycles. The van der Waals surface area contributed by atoms with Crippen molar-refractivity contribution < 1.29 is 0 Å². The summed E-state index contributed by atoms with van der Waals surface area (Å²) < 4.78 is 1.23.